The molecule has 0 aliphatic rings. The zero-order valence-electron chi connectivity index (χ0n) is 3.89. The van der Waals surface area contributed by atoms with Crippen LogP contribution >= 0.6 is 12.2 Å². The molecule has 0 radical (unpaired) electrons. The van der Waals surface area contributed by atoms with E-state index in [1.807, 2.05) is 0 Å². The summed E-state index contributed by atoms with van der Waals surface area (Å²) >= 11 is 4.39. The molecule has 0 spiro atoms. The third-order valence-corrected chi connectivity index (χ3v) is 0.883. The molecule has 7 heavy (non-hydrogen) atoms. The lowest BCUT2D eigenvalue weighted by atomic mass is 10.3. The molecule has 38 valence electrons. The monoisotopic (exact) mass is 115 g/mol. The van der Waals surface area contributed by atoms with E-state index in [2.05, 4.69) is 12.2 Å². The number of carbonyl (C=O) groups is 1. The second-order valence-electron chi connectivity index (χ2n) is 1.06. The average Bonchev–Trinajstić information content (AvgIpc) is 1.65. The number of nitrogens with one attached hydrogen (secondary N) is 1. The number of carbonyl (C=O) groups excluding carboxylic acids is 1. The largest absolute Gasteiger partial charge is 0.307 e. The van der Waals surface area contributed by atoms with Crippen molar-refractivity contribution >= 4 is 29.1 Å². The lowest BCUT2D eigenvalue weighted by Gasteiger charge is -1.79. The molecular weight excluding hydrogens is 110 g/mol. The van der Waals surface area contributed by atoms with Crippen molar-refractivity contribution in [1.29, 1.82) is 5.41 Å². The van der Waals surface area contributed by atoms with E-state index in [4.69, 9.17) is 5.41 Å². The summed E-state index contributed by atoms with van der Waals surface area (Å²) < 4.78 is 0. The van der Waals surface area contributed by atoms with E-state index in [1.54, 1.807) is 0 Å². The first kappa shape index (κ1) is 6.43. The molecule has 0 unspecified atom stereocenters. The fourth-order valence-corrected chi connectivity index (χ4v) is 0.102. The van der Waals surface area contributed by atoms with Gasteiger partial charge in [-0.1, -0.05) is 12.2 Å². The SMILES string of the molecule is CC(=O)C(=S)C=N. The van der Waals surface area contributed by atoms with Crippen molar-refractivity contribution in [1.82, 2.24) is 0 Å². The van der Waals surface area contributed by atoms with Crippen LogP contribution in [0.2, 0.25) is 0 Å². The highest BCUT2D eigenvalue weighted by atomic mass is 32.1. The number of ketones is 1. The lowest BCUT2D eigenvalue weighted by molar-refractivity contribution is -0.110. The Labute approximate surface area is 47.0 Å². The molecule has 0 bridgehead atoms. The minimum atomic E-state index is -0.218. The summed E-state index contributed by atoms with van der Waals surface area (Å²) in [5, 5.41) is 6.45. The quantitative estimate of drug-likeness (QED) is 0.423. The minimum absolute atomic E-state index is 0.0833. The second kappa shape index (κ2) is 2.58. The Balaban J connectivity index is 3.81. The van der Waals surface area contributed by atoms with Gasteiger partial charge < -0.3 is 5.41 Å². The van der Waals surface area contributed by atoms with Crippen molar-refractivity contribution in [2.45, 2.75) is 6.92 Å². The molecule has 0 rings (SSSR count). The Kier molecular flexibility index (Phi) is 2.37. The van der Waals surface area contributed by atoms with Crippen molar-refractivity contribution in [2.24, 2.45) is 0 Å². The molecule has 0 aromatic rings. The van der Waals surface area contributed by atoms with Crippen LogP contribution in [0.4, 0.5) is 0 Å². The fourth-order valence-electron chi connectivity index (χ4n) is 0.102. The molecule has 3 heteroatoms. The molecule has 0 fully saturated rings. The van der Waals surface area contributed by atoms with Gasteiger partial charge in [0.25, 0.3) is 0 Å². The first-order valence-electron chi connectivity index (χ1n) is 1.74. The van der Waals surface area contributed by atoms with Gasteiger partial charge in [0.2, 0.25) is 0 Å². The summed E-state index contributed by atoms with van der Waals surface area (Å²) in [6.45, 7) is 1.34. The number of thiocarbonyl (C=S) groups is 1. The molecule has 1 N–H and O–H groups in total. The Morgan fingerprint density at radius 3 is 2.29 bits per heavy atom. The average molecular weight is 115 g/mol. The zero-order valence-corrected chi connectivity index (χ0v) is 4.71. The summed E-state index contributed by atoms with van der Waals surface area (Å²) in [6, 6.07) is 0. The summed E-state index contributed by atoms with van der Waals surface area (Å²) in [5.74, 6) is -0.218. The minimum Gasteiger partial charge on any atom is -0.307 e. The van der Waals surface area contributed by atoms with Crippen LogP contribution in [0.1, 0.15) is 6.92 Å². The van der Waals surface area contributed by atoms with E-state index >= 15 is 0 Å². The maximum absolute atomic E-state index is 10.1. The smallest absolute Gasteiger partial charge is 0.172 e. The first-order valence-corrected chi connectivity index (χ1v) is 2.14. The fraction of sp³-hybridized carbons (Fsp3) is 0.250. The Morgan fingerprint density at radius 1 is 1.86 bits per heavy atom. The number of hydrogen-bond acceptors (Lipinski definition) is 3. The van der Waals surface area contributed by atoms with Gasteiger partial charge in [0.1, 0.15) is 0 Å². The molecule has 0 saturated carbocycles. The molecule has 0 aliphatic heterocycles. The molecule has 0 saturated heterocycles. The summed E-state index contributed by atoms with van der Waals surface area (Å²) in [4.78, 5) is 10.2. The maximum Gasteiger partial charge on any atom is 0.172 e. The summed E-state index contributed by atoms with van der Waals surface area (Å²) in [6.07, 6.45) is 0.873. The van der Waals surface area contributed by atoms with Gasteiger partial charge in [-0.2, -0.15) is 0 Å². The third kappa shape index (κ3) is 2.17. The standard InChI is InChI=1S/C4H5NOS/c1-3(6)4(7)2-5/h2,5H,1H3. The van der Waals surface area contributed by atoms with Gasteiger partial charge in [0, 0.05) is 13.1 Å². The van der Waals surface area contributed by atoms with Crippen molar-refractivity contribution < 1.29 is 4.79 Å². The third-order valence-electron chi connectivity index (χ3n) is 0.478. The van der Waals surface area contributed by atoms with Crippen LogP contribution < -0.4 is 0 Å². The maximum atomic E-state index is 10.1. The van der Waals surface area contributed by atoms with Gasteiger partial charge in [0.05, 0.1) is 4.86 Å². The van der Waals surface area contributed by atoms with Crippen LogP contribution in [0.15, 0.2) is 0 Å². The van der Waals surface area contributed by atoms with E-state index in [9.17, 15) is 4.79 Å². The molecule has 0 aromatic heterocycles. The van der Waals surface area contributed by atoms with E-state index < -0.39 is 0 Å². The molecule has 0 aliphatic carbocycles. The van der Waals surface area contributed by atoms with Gasteiger partial charge in [-0.05, 0) is 0 Å². The lowest BCUT2D eigenvalue weighted by Crippen LogP contribution is -2.05. The summed E-state index contributed by atoms with van der Waals surface area (Å²) in [5.41, 5.74) is 0. The van der Waals surface area contributed by atoms with E-state index in [0.717, 1.165) is 6.21 Å². The van der Waals surface area contributed by atoms with Crippen molar-refractivity contribution in [3.8, 4) is 0 Å². The molecule has 0 atom stereocenters. The highest BCUT2D eigenvalue weighted by Gasteiger charge is 1.93. The van der Waals surface area contributed by atoms with Crippen LogP contribution in [0.5, 0.6) is 0 Å². The van der Waals surface area contributed by atoms with Gasteiger partial charge >= 0.3 is 0 Å². The normalized spacial score (nSPS) is 7.57. The van der Waals surface area contributed by atoms with Crippen molar-refractivity contribution in [3.63, 3.8) is 0 Å². The van der Waals surface area contributed by atoms with Gasteiger partial charge in [0.15, 0.2) is 5.78 Å². The molecular formula is C4H5NOS. The van der Waals surface area contributed by atoms with Gasteiger partial charge in [-0.3, -0.25) is 4.79 Å². The van der Waals surface area contributed by atoms with Crippen LogP contribution in [0, 0.1) is 5.41 Å². The van der Waals surface area contributed by atoms with Crippen molar-refractivity contribution in [3.05, 3.63) is 0 Å². The predicted octanol–water partition coefficient (Wildman–Crippen LogP) is 0.595. The van der Waals surface area contributed by atoms with E-state index in [0.29, 0.717) is 0 Å². The first-order chi connectivity index (χ1) is 3.18. The number of rotatable bonds is 2. The Hall–Kier alpha value is -0.570. The van der Waals surface area contributed by atoms with Crippen LogP contribution in [0.3, 0.4) is 0 Å². The Morgan fingerprint density at radius 2 is 2.29 bits per heavy atom. The topological polar surface area (TPSA) is 40.9 Å². The Bertz CT molecular complexity index is 119. The van der Waals surface area contributed by atoms with Crippen LogP contribution in [-0.4, -0.2) is 16.9 Å². The molecule has 0 heterocycles. The van der Waals surface area contributed by atoms with E-state index in [-0.39, 0.29) is 10.6 Å². The predicted molar refractivity (Wildman–Crippen MR) is 32.1 cm³/mol. The van der Waals surface area contributed by atoms with Gasteiger partial charge in [-0.15, -0.1) is 0 Å². The van der Waals surface area contributed by atoms with Crippen LogP contribution in [0.25, 0.3) is 0 Å². The van der Waals surface area contributed by atoms with Crippen molar-refractivity contribution in [2.75, 3.05) is 0 Å². The number of Topliss-reactive ketones (excluding diaryl/α,β-unsaturated/α-hetero) is 1. The highest BCUT2D eigenvalue weighted by Crippen LogP contribution is 1.71. The van der Waals surface area contributed by atoms with Crippen LogP contribution in [-0.2, 0) is 4.79 Å². The highest BCUT2D eigenvalue weighted by molar-refractivity contribution is 7.83. The van der Waals surface area contributed by atoms with Gasteiger partial charge in [-0.25, -0.2) is 0 Å². The summed E-state index contributed by atoms with van der Waals surface area (Å²) in [7, 11) is 0. The second-order valence-corrected chi connectivity index (χ2v) is 1.50. The molecule has 0 amide bonds. The number of hydrogen-bond donors (Lipinski definition) is 1. The molecule has 2 nitrogen and oxygen atoms in total. The molecule has 0 aromatic carbocycles. The van der Waals surface area contributed by atoms with E-state index in [1.165, 1.54) is 6.92 Å². The zero-order chi connectivity index (χ0) is 5.86.